The van der Waals surface area contributed by atoms with Crippen molar-refractivity contribution in [2.45, 2.75) is 50.2 Å². The molecule has 0 aromatic carbocycles. The Bertz CT molecular complexity index is 203. The Balaban J connectivity index is 2.18. The van der Waals surface area contributed by atoms with Crippen molar-refractivity contribution in [3.8, 4) is 0 Å². The van der Waals surface area contributed by atoms with Gasteiger partial charge in [0.1, 0.15) is 24.5 Å². The minimum atomic E-state index is -1.45. The van der Waals surface area contributed by atoms with Crippen molar-refractivity contribution in [1.82, 2.24) is 0 Å². The van der Waals surface area contributed by atoms with Crippen LogP contribution in [0, 0.1) is 0 Å². The van der Waals surface area contributed by atoms with Crippen molar-refractivity contribution in [2.24, 2.45) is 5.73 Å². The minimum Gasteiger partial charge on any atom is -0.387 e. The van der Waals surface area contributed by atoms with E-state index in [0.717, 1.165) is 0 Å². The van der Waals surface area contributed by atoms with E-state index in [2.05, 4.69) is 0 Å². The van der Waals surface area contributed by atoms with Crippen molar-refractivity contribution in [3.05, 3.63) is 0 Å². The molecule has 76 valence electrons. The molecular weight excluding hydrogens is 177 g/mol. The third-order valence-electron chi connectivity index (χ3n) is 2.57. The van der Waals surface area contributed by atoms with Crippen molar-refractivity contribution >= 4 is 0 Å². The predicted octanol–water partition coefficient (Wildman–Crippen LogP) is -0.454. The first-order valence-corrected chi connectivity index (χ1v) is 4.36. The van der Waals surface area contributed by atoms with E-state index in [1.165, 1.54) is 0 Å². The highest BCUT2D eigenvalue weighted by Gasteiger charge is 2.57. The molecule has 0 aromatic heterocycles. The van der Waals surface area contributed by atoms with Crippen LogP contribution in [-0.2, 0) is 9.47 Å². The summed E-state index contributed by atoms with van der Waals surface area (Å²) in [6.07, 6.45) is -3.77. The largest absolute Gasteiger partial charge is 0.387 e. The van der Waals surface area contributed by atoms with Gasteiger partial charge in [0.05, 0.1) is 6.04 Å². The van der Waals surface area contributed by atoms with Crippen LogP contribution in [0.15, 0.2) is 0 Å². The second-order valence-corrected chi connectivity index (χ2v) is 4.08. The lowest BCUT2D eigenvalue weighted by Gasteiger charge is -2.22. The second kappa shape index (κ2) is 2.63. The van der Waals surface area contributed by atoms with Gasteiger partial charge in [0.2, 0.25) is 0 Å². The monoisotopic (exact) mass is 191 g/mol. The average molecular weight is 191 g/mol. The average Bonchev–Trinajstić information content (AvgIpc) is 2.44. The van der Waals surface area contributed by atoms with Gasteiger partial charge in [0.15, 0.2) is 5.79 Å². The number of aliphatic hydroxyl groups excluding tert-OH is 1. The van der Waals surface area contributed by atoms with Crippen molar-refractivity contribution in [3.63, 3.8) is 0 Å². The van der Waals surface area contributed by atoms with Gasteiger partial charge in [0, 0.05) is 0 Å². The van der Waals surface area contributed by atoms with E-state index in [1.807, 2.05) is 0 Å². The number of rotatable bonds is 0. The Morgan fingerprint density at radius 2 is 1.85 bits per heavy atom. The fourth-order valence-electron chi connectivity index (χ4n) is 1.97. The minimum absolute atomic E-state index is 0.528. The number of hydrogen-bond acceptors (Lipinski definition) is 4. The summed E-state index contributed by atoms with van der Waals surface area (Å²) in [4.78, 5) is 0. The van der Waals surface area contributed by atoms with E-state index in [-0.39, 0.29) is 0 Å². The van der Waals surface area contributed by atoms with E-state index >= 15 is 0 Å². The summed E-state index contributed by atoms with van der Waals surface area (Å²) in [6, 6.07) is -0.790. The number of hydrogen-bond donors (Lipinski definition) is 2. The van der Waals surface area contributed by atoms with Gasteiger partial charge in [-0.3, -0.25) is 0 Å². The highest BCUT2D eigenvalue weighted by molar-refractivity contribution is 5.06. The molecule has 1 aliphatic heterocycles. The lowest BCUT2D eigenvalue weighted by molar-refractivity contribution is -0.170. The molecule has 1 heterocycles. The lowest BCUT2D eigenvalue weighted by atomic mass is 10.2. The van der Waals surface area contributed by atoms with Gasteiger partial charge in [-0.15, -0.1) is 0 Å². The summed E-state index contributed by atoms with van der Waals surface area (Å²) >= 11 is 0. The highest BCUT2D eigenvalue weighted by atomic mass is 19.1. The van der Waals surface area contributed by atoms with Crippen molar-refractivity contribution < 1.29 is 19.0 Å². The van der Waals surface area contributed by atoms with Crippen molar-refractivity contribution in [2.75, 3.05) is 0 Å². The van der Waals surface area contributed by atoms with E-state index in [1.54, 1.807) is 13.8 Å². The van der Waals surface area contributed by atoms with Gasteiger partial charge in [0.25, 0.3) is 0 Å². The van der Waals surface area contributed by atoms with Gasteiger partial charge in [-0.05, 0) is 13.8 Å². The topological polar surface area (TPSA) is 64.7 Å². The van der Waals surface area contributed by atoms with Crippen LogP contribution in [0.25, 0.3) is 0 Å². The molecule has 2 rings (SSSR count). The van der Waals surface area contributed by atoms with Gasteiger partial charge >= 0.3 is 0 Å². The van der Waals surface area contributed by atoms with Crippen LogP contribution < -0.4 is 5.73 Å². The van der Waals surface area contributed by atoms with E-state index < -0.39 is 36.3 Å². The zero-order chi connectivity index (χ0) is 9.80. The molecule has 0 unspecified atom stereocenters. The highest BCUT2D eigenvalue weighted by Crippen LogP contribution is 2.38. The Morgan fingerprint density at radius 1 is 1.31 bits per heavy atom. The fourth-order valence-corrected chi connectivity index (χ4v) is 1.97. The third-order valence-corrected chi connectivity index (χ3v) is 2.57. The predicted molar refractivity (Wildman–Crippen MR) is 42.7 cm³/mol. The summed E-state index contributed by atoms with van der Waals surface area (Å²) in [5.74, 6) is -0.770. The summed E-state index contributed by atoms with van der Waals surface area (Å²) in [5, 5.41) is 9.41. The van der Waals surface area contributed by atoms with Crippen LogP contribution in [0.1, 0.15) is 13.8 Å². The van der Waals surface area contributed by atoms with Crippen LogP contribution in [0.5, 0.6) is 0 Å². The summed E-state index contributed by atoms with van der Waals surface area (Å²) in [7, 11) is 0. The smallest absolute Gasteiger partial charge is 0.163 e. The van der Waals surface area contributed by atoms with Crippen LogP contribution in [0.2, 0.25) is 0 Å². The number of aliphatic hydroxyl groups is 1. The fraction of sp³-hybridized carbons (Fsp3) is 1.00. The van der Waals surface area contributed by atoms with Crippen LogP contribution >= 0.6 is 0 Å². The van der Waals surface area contributed by atoms with Crippen LogP contribution in [0.3, 0.4) is 0 Å². The number of ether oxygens (including phenoxy) is 2. The summed E-state index contributed by atoms with van der Waals surface area (Å²) < 4.78 is 23.9. The van der Waals surface area contributed by atoms with Crippen LogP contribution in [-0.4, -0.2) is 41.4 Å². The Morgan fingerprint density at radius 3 is 2.38 bits per heavy atom. The molecular formula is C8H14FNO3. The SMILES string of the molecule is CC1(C)O[C@@H]2[C@@H](O)[C@H](F)[C@@H](N)[C@@H]2O1. The maximum absolute atomic E-state index is 13.1. The molecule has 0 amide bonds. The summed E-state index contributed by atoms with van der Waals surface area (Å²) in [5.41, 5.74) is 5.53. The van der Waals surface area contributed by atoms with Gasteiger partial charge < -0.3 is 20.3 Å². The molecule has 5 atom stereocenters. The molecule has 0 bridgehead atoms. The number of nitrogens with two attached hydrogens (primary N) is 1. The van der Waals surface area contributed by atoms with E-state index in [4.69, 9.17) is 15.2 Å². The first-order chi connectivity index (χ1) is 5.92. The molecule has 3 N–H and O–H groups in total. The normalized spacial score (nSPS) is 53.8. The zero-order valence-electron chi connectivity index (χ0n) is 7.61. The molecule has 1 saturated carbocycles. The molecule has 0 radical (unpaired) electrons. The molecule has 1 saturated heterocycles. The number of fused-ring (bicyclic) bond motifs is 1. The standard InChI is InChI=1S/C8H14FNO3/c1-8(2)12-6-4(10)3(9)5(11)7(6)13-8/h3-7,11H,10H2,1-2H3/t3-,4-,5+,6+,7-/m1/s1. The molecule has 0 spiro atoms. The Hall–Kier alpha value is -0.230. The lowest BCUT2D eigenvalue weighted by Crippen LogP contribution is -2.40. The Kier molecular flexibility index (Phi) is 1.89. The maximum atomic E-state index is 13.1. The maximum Gasteiger partial charge on any atom is 0.163 e. The number of halogens is 1. The molecule has 0 aromatic rings. The quantitative estimate of drug-likeness (QED) is 0.544. The van der Waals surface area contributed by atoms with Crippen LogP contribution in [0.4, 0.5) is 4.39 Å². The molecule has 13 heavy (non-hydrogen) atoms. The van der Waals surface area contributed by atoms with Gasteiger partial charge in [-0.2, -0.15) is 0 Å². The van der Waals surface area contributed by atoms with Gasteiger partial charge in [-0.1, -0.05) is 0 Å². The molecule has 2 fully saturated rings. The third kappa shape index (κ3) is 1.27. The molecule has 5 heteroatoms. The Labute approximate surface area is 75.8 Å². The van der Waals surface area contributed by atoms with E-state index in [9.17, 15) is 9.50 Å². The number of alkyl halides is 1. The second-order valence-electron chi connectivity index (χ2n) is 4.08. The molecule has 4 nitrogen and oxygen atoms in total. The molecule has 2 aliphatic rings. The van der Waals surface area contributed by atoms with Crippen molar-refractivity contribution in [1.29, 1.82) is 0 Å². The summed E-state index contributed by atoms with van der Waals surface area (Å²) in [6.45, 7) is 3.44. The van der Waals surface area contributed by atoms with E-state index in [0.29, 0.717) is 0 Å². The zero-order valence-corrected chi connectivity index (χ0v) is 7.61. The first kappa shape index (κ1) is 9.33. The first-order valence-electron chi connectivity index (χ1n) is 4.36. The van der Waals surface area contributed by atoms with Gasteiger partial charge in [-0.25, -0.2) is 4.39 Å². The molecule has 1 aliphatic carbocycles.